The molecule has 2 nitrogen and oxygen atoms in total. The molecule has 0 aromatic rings. The van der Waals surface area contributed by atoms with Crippen LogP contribution in [0.5, 0.6) is 0 Å². The molecule has 1 rings (SSSR count). The molecule has 78 valence electrons. The van der Waals surface area contributed by atoms with Crippen molar-refractivity contribution in [2.75, 3.05) is 24.2 Å². The van der Waals surface area contributed by atoms with Crippen molar-refractivity contribution in [2.45, 2.75) is 33.2 Å². The molecule has 0 saturated carbocycles. The monoisotopic (exact) mass is 296 g/mol. The van der Waals surface area contributed by atoms with Crippen LogP contribution in [0, 0.1) is 5.41 Å². The van der Waals surface area contributed by atoms with Gasteiger partial charge in [-0.3, -0.25) is 4.90 Å². The van der Waals surface area contributed by atoms with Crippen LogP contribution in [0.25, 0.3) is 0 Å². The van der Waals surface area contributed by atoms with Crippen molar-refractivity contribution in [3.05, 3.63) is 0 Å². The SMILES string of the molecule is CC(C)NCCC1(C)CN(CI)C1. The lowest BCUT2D eigenvalue weighted by molar-refractivity contribution is 0.0289. The average molecular weight is 296 g/mol. The second-order valence-electron chi connectivity index (χ2n) is 4.78. The third-order valence-corrected chi connectivity index (χ3v) is 3.63. The van der Waals surface area contributed by atoms with E-state index in [1.54, 1.807) is 0 Å². The number of hydrogen-bond acceptors (Lipinski definition) is 2. The molecular weight excluding hydrogens is 275 g/mol. The van der Waals surface area contributed by atoms with Gasteiger partial charge in [-0.1, -0.05) is 43.4 Å². The van der Waals surface area contributed by atoms with Gasteiger partial charge in [-0.25, -0.2) is 0 Å². The summed E-state index contributed by atoms with van der Waals surface area (Å²) in [6.45, 7) is 10.6. The number of nitrogens with zero attached hydrogens (tertiary/aromatic N) is 1. The molecule has 0 unspecified atom stereocenters. The lowest BCUT2D eigenvalue weighted by atomic mass is 9.79. The summed E-state index contributed by atoms with van der Waals surface area (Å²) in [6.07, 6.45) is 1.32. The average Bonchev–Trinajstić information content (AvgIpc) is 1.98. The molecule has 3 heteroatoms. The zero-order valence-corrected chi connectivity index (χ0v) is 11.1. The summed E-state index contributed by atoms with van der Waals surface area (Å²) in [5.41, 5.74) is 0.590. The second-order valence-corrected chi connectivity index (χ2v) is 5.46. The topological polar surface area (TPSA) is 15.3 Å². The van der Waals surface area contributed by atoms with Gasteiger partial charge in [-0.2, -0.15) is 0 Å². The quantitative estimate of drug-likeness (QED) is 0.475. The van der Waals surface area contributed by atoms with Crippen molar-refractivity contribution >= 4 is 22.6 Å². The summed E-state index contributed by atoms with van der Waals surface area (Å²) in [5.74, 6) is 0. The molecule has 0 aromatic heterocycles. The largest absolute Gasteiger partial charge is 0.315 e. The van der Waals surface area contributed by atoms with Gasteiger partial charge in [0.15, 0.2) is 0 Å². The lowest BCUT2D eigenvalue weighted by Crippen LogP contribution is -2.54. The van der Waals surface area contributed by atoms with E-state index in [9.17, 15) is 0 Å². The van der Waals surface area contributed by atoms with Gasteiger partial charge in [0.2, 0.25) is 0 Å². The smallest absolute Gasteiger partial charge is 0.0506 e. The molecule has 1 N–H and O–H groups in total. The normalized spacial score (nSPS) is 21.9. The molecule has 0 aromatic carbocycles. The fourth-order valence-electron chi connectivity index (χ4n) is 1.94. The molecule has 0 bridgehead atoms. The summed E-state index contributed by atoms with van der Waals surface area (Å²) in [4.78, 5) is 2.50. The zero-order chi connectivity index (χ0) is 9.90. The van der Waals surface area contributed by atoms with Gasteiger partial charge in [0.25, 0.3) is 0 Å². The van der Waals surface area contributed by atoms with Crippen LogP contribution >= 0.6 is 22.6 Å². The van der Waals surface area contributed by atoms with Gasteiger partial charge >= 0.3 is 0 Å². The van der Waals surface area contributed by atoms with Gasteiger partial charge < -0.3 is 5.32 Å². The molecule has 1 saturated heterocycles. The van der Waals surface area contributed by atoms with E-state index in [0.717, 1.165) is 0 Å². The lowest BCUT2D eigenvalue weighted by Gasteiger charge is -2.47. The molecule has 0 amide bonds. The van der Waals surface area contributed by atoms with Crippen molar-refractivity contribution in [1.82, 2.24) is 10.2 Å². The third-order valence-electron chi connectivity index (χ3n) is 2.66. The fraction of sp³-hybridized carbons (Fsp3) is 1.00. The van der Waals surface area contributed by atoms with Crippen LogP contribution in [0.15, 0.2) is 0 Å². The maximum atomic E-state index is 3.48. The first-order valence-electron chi connectivity index (χ1n) is 5.07. The van der Waals surface area contributed by atoms with E-state index in [4.69, 9.17) is 0 Å². The van der Waals surface area contributed by atoms with Gasteiger partial charge in [-0.05, 0) is 18.4 Å². The van der Waals surface area contributed by atoms with E-state index in [-0.39, 0.29) is 0 Å². The first-order chi connectivity index (χ1) is 6.06. The van der Waals surface area contributed by atoms with Crippen LogP contribution in [-0.2, 0) is 0 Å². The highest BCUT2D eigenvalue weighted by Crippen LogP contribution is 2.33. The van der Waals surface area contributed by atoms with Gasteiger partial charge in [0, 0.05) is 19.1 Å². The molecule has 0 atom stereocenters. The number of nitrogens with one attached hydrogen (secondary N) is 1. The van der Waals surface area contributed by atoms with Crippen molar-refractivity contribution in [1.29, 1.82) is 0 Å². The fourth-order valence-corrected chi connectivity index (χ4v) is 2.42. The molecule has 1 aliphatic heterocycles. The van der Waals surface area contributed by atoms with E-state index in [1.807, 2.05) is 0 Å². The maximum Gasteiger partial charge on any atom is 0.0506 e. The van der Waals surface area contributed by atoms with Crippen molar-refractivity contribution < 1.29 is 0 Å². The third kappa shape index (κ3) is 3.72. The summed E-state index contributed by atoms with van der Waals surface area (Å²) in [6, 6.07) is 0.629. The van der Waals surface area contributed by atoms with Gasteiger partial charge in [-0.15, -0.1) is 0 Å². The standard InChI is InChI=1S/C10H21IN2/c1-9(2)12-5-4-10(3)6-13(7-10)8-11/h9,12H,4-8H2,1-3H3. The predicted octanol–water partition coefficient (Wildman–Crippen LogP) is 2.09. The molecule has 1 fully saturated rings. The number of alkyl halides is 1. The maximum absolute atomic E-state index is 3.48. The number of likely N-dealkylation sites (tertiary alicyclic amines) is 1. The predicted molar refractivity (Wildman–Crippen MR) is 66.3 cm³/mol. The van der Waals surface area contributed by atoms with Crippen LogP contribution in [0.4, 0.5) is 0 Å². The van der Waals surface area contributed by atoms with E-state index in [1.165, 1.54) is 30.6 Å². The van der Waals surface area contributed by atoms with Crippen molar-refractivity contribution in [3.63, 3.8) is 0 Å². The van der Waals surface area contributed by atoms with Crippen LogP contribution in [0.2, 0.25) is 0 Å². The minimum Gasteiger partial charge on any atom is -0.315 e. The van der Waals surface area contributed by atoms with Crippen LogP contribution in [0.1, 0.15) is 27.2 Å². The van der Waals surface area contributed by atoms with E-state index in [0.29, 0.717) is 11.5 Å². The highest BCUT2D eigenvalue weighted by atomic mass is 127. The minimum absolute atomic E-state index is 0.590. The van der Waals surface area contributed by atoms with Crippen molar-refractivity contribution in [3.8, 4) is 0 Å². The van der Waals surface area contributed by atoms with Crippen molar-refractivity contribution in [2.24, 2.45) is 5.41 Å². The second kappa shape index (κ2) is 4.94. The van der Waals surface area contributed by atoms with Crippen LogP contribution < -0.4 is 5.32 Å². The first kappa shape index (κ1) is 11.7. The van der Waals surface area contributed by atoms with Crippen LogP contribution in [-0.4, -0.2) is 35.1 Å². The number of hydrogen-bond donors (Lipinski definition) is 1. The molecule has 1 aliphatic rings. The Morgan fingerprint density at radius 1 is 1.46 bits per heavy atom. The van der Waals surface area contributed by atoms with E-state index in [2.05, 4.69) is 53.6 Å². The Bertz CT molecular complexity index is 153. The Hall–Kier alpha value is 0.650. The summed E-state index contributed by atoms with van der Waals surface area (Å²) >= 11 is 2.44. The summed E-state index contributed by atoms with van der Waals surface area (Å²) < 4.78 is 1.19. The highest BCUT2D eigenvalue weighted by molar-refractivity contribution is 14.1. The molecule has 0 aliphatic carbocycles. The van der Waals surface area contributed by atoms with E-state index >= 15 is 0 Å². The Morgan fingerprint density at radius 3 is 2.54 bits per heavy atom. The zero-order valence-electron chi connectivity index (χ0n) is 8.94. The summed E-state index contributed by atoms with van der Waals surface area (Å²) in [5, 5.41) is 3.48. The Balaban J connectivity index is 2.09. The molecular formula is C10H21IN2. The molecule has 0 spiro atoms. The van der Waals surface area contributed by atoms with Gasteiger partial charge in [0.05, 0.1) is 4.55 Å². The van der Waals surface area contributed by atoms with Crippen LogP contribution in [0.3, 0.4) is 0 Å². The Kier molecular flexibility index (Phi) is 4.45. The molecule has 0 radical (unpaired) electrons. The minimum atomic E-state index is 0.590. The molecule has 1 heterocycles. The Morgan fingerprint density at radius 2 is 2.08 bits per heavy atom. The summed E-state index contributed by atoms with van der Waals surface area (Å²) in [7, 11) is 0. The first-order valence-corrected chi connectivity index (χ1v) is 6.60. The highest BCUT2D eigenvalue weighted by Gasteiger charge is 2.37. The number of halogens is 1. The Labute approximate surface area is 95.6 Å². The number of rotatable bonds is 5. The van der Waals surface area contributed by atoms with E-state index < -0.39 is 0 Å². The molecule has 13 heavy (non-hydrogen) atoms. The van der Waals surface area contributed by atoms with Gasteiger partial charge in [0.1, 0.15) is 0 Å².